The molecule has 1 amide bonds. The second-order valence-corrected chi connectivity index (χ2v) is 32.4. The summed E-state index contributed by atoms with van der Waals surface area (Å²) >= 11 is 0. The highest BCUT2D eigenvalue weighted by atomic mass is 16.8. The molecule has 3 aliphatic heterocycles. The van der Waals surface area contributed by atoms with Gasteiger partial charge in [-0.15, -0.1) is 0 Å². The van der Waals surface area contributed by atoms with E-state index in [4.69, 9.17) is 28.4 Å². The number of nitrogens with one attached hydrogen (secondary N) is 1. The molecule has 0 spiro atoms. The van der Waals surface area contributed by atoms with Crippen LogP contribution in [0, 0.1) is 0 Å². The summed E-state index contributed by atoms with van der Waals surface area (Å²) in [5.41, 5.74) is 0. The quantitative estimate of drug-likeness (QED) is 0.0199. The van der Waals surface area contributed by atoms with Gasteiger partial charge in [0.25, 0.3) is 0 Å². The first kappa shape index (κ1) is 102. The third kappa shape index (κ3) is 48.9. The molecule has 0 saturated carbocycles. The fourth-order valence-corrected chi connectivity index (χ4v) is 15.4. The molecule has 19 heteroatoms. The van der Waals surface area contributed by atoms with Crippen LogP contribution in [0.25, 0.3) is 0 Å². The minimum absolute atomic E-state index is 0.235. The SMILES string of the molecule is CC/C=C\C/C=C\C/C=C\C/C=C\C/C=C\CCCCCCCCCCCCCCCCCCCCCCCC(=O)NC(COC1OC(CO)C(OC2OC(CO)C(OC3OC(CO)C(O)C(O)C3O)C(O)C2O)C(O)C1O)C(O)CCCCCCCCCCCCCCCCCCCCCCCCCCCCCC. The topological polar surface area (TPSA) is 307 Å². The Hall–Kier alpha value is -2.51. The van der Waals surface area contributed by atoms with Crippen LogP contribution in [0.2, 0.25) is 0 Å². The van der Waals surface area contributed by atoms with E-state index in [1.165, 1.54) is 270 Å². The Balaban J connectivity index is 1.31. The summed E-state index contributed by atoms with van der Waals surface area (Å²) in [7, 11) is 0. The fraction of sp³-hybridized carbons (Fsp3) is 0.879. The summed E-state index contributed by atoms with van der Waals surface area (Å²) < 4.78 is 34.6. The van der Waals surface area contributed by atoms with Crippen molar-refractivity contribution in [1.82, 2.24) is 5.32 Å². The molecule has 3 heterocycles. The van der Waals surface area contributed by atoms with Gasteiger partial charge in [0.15, 0.2) is 18.9 Å². The number of hydrogen-bond acceptors (Lipinski definition) is 18. The van der Waals surface area contributed by atoms with Crippen LogP contribution < -0.4 is 5.32 Å². The molecule has 0 aromatic heterocycles. The van der Waals surface area contributed by atoms with Crippen molar-refractivity contribution >= 4 is 5.91 Å². The van der Waals surface area contributed by atoms with Crippen LogP contribution in [0.1, 0.15) is 380 Å². The Kier molecular flexibility index (Phi) is 65.3. The van der Waals surface area contributed by atoms with Gasteiger partial charge in [-0.1, -0.05) is 376 Å². The van der Waals surface area contributed by atoms with Crippen molar-refractivity contribution in [1.29, 1.82) is 0 Å². The molecule has 0 aromatic rings. The maximum Gasteiger partial charge on any atom is 0.220 e. The Morgan fingerprint density at radius 1 is 0.336 bits per heavy atom. The Labute approximate surface area is 668 Å². The molecule has 0 aliphatic carbocycles. The molecule has 17 atom stereocenters. The summed E-state index contributed by atoms with van der Waals surface area (Å²) in [5, 5.41) is 121. The molecule has 0 aromatic carbocycles. The summed E-state index contributed by atoms with van der Waals surface area (Å²) in [4.78, 5) is 13.6. The Morgan fingerprint density at radius 2 is 0.627 bits per heavy atom. The number of aliphatic hydroxyl groups is 11. The number of ether oxygens (including phenoxy) is 6. The number of rotatable bonds is 74. The van der Waals surface area contributed by atoms with Crippen LogP contribution in [-0.4, -0.2) is 193 Å². The molecule has 12 N–H and O–H groups in total. The lowest BCUT2D eigenvalue weighted by Crippen LogP contribution is -2.66. The molecular formula is C91H167NO18. The minimum atomic E-state index is -1.97. The Morgan fingerprint density at radius 3 is 0.982 bits per heavy atom. The first-order valence-electron chi connectivity index (χ1n) is 45.5. The van der Waals surface area contributed by atoms with Crippen LogP contribution in [0.5, 0.6) is 0 Å². The number of amides is 1. The van der Waals surface area contributed by atoms with E-state index < -0.39 is 124 Å². The van der Waals surface area contributed by atoms with Crippen molar-refractivity contribution in [2.45, 2.75) is 484 Å². The third-order valence-electron chi connectivity index (χ3n) is 22.6. The zero-order chi connectivity index (χ0) is 79.5. The lowest BCUT2D eigenvalue weighted by atomic mass is 9.96. The zero-order valence-corrected chi connectivity index (χ0v) is 69.5. The van der Waals surface area contributed by atoms with Crippen molar-refractivity contribution < 1.29 is 89.4 Å². The molecule has 110 heavy (non-hydrogen) atoms. The van der Waals surface area contributed by atoms with Gasteiger partial charge in [0.1, 0.15) is 73.2 Å². The van der Waals surface area contributed by atoms with Crippen LogP contribution in [0.3, 0.4) is 0 Å². The average molecular weight is 1560 g/mol. The van der Waals surface area contributed by atoms with Crippen LogP contribution >= 0.6 is 0 Å². The van der Waals surface area contributed by atoms with E-state index in [1.54, 1.807) is 0 Å². The smallest absolute Gasteiger partial charge is 0.220 e. The largest absolute Gasteiger partial charge is 0.394 e. The number of carbonyl (C=O) groups is 1. The highest BCUT2D eigenvalue weighted by Crippen LogP contribution is 2.34. The summed E-state index contributed by atoms with van der Waals surface area (Å²) in [6, 6.07) is -0.889. The highest BCUT2D eigenvalue weighted by molar-refractivity contribution is 5.76. The molecule has 3 fully saturated rings. The molecule has 3 rings (SSSR count). The van der Waals surface area contributed by atoms with Gasteiger partial charge in [-0.2, -0.15) is 0 Å². The molecule has 19 nitrogen and oxygen atoms in total. The fourth-order valence-electron chi connectivity index (χ4n) is 15.4. The first-order valence-corrected chi connectivity index (χ1v) is 45.5. The van der Waals surface area contributed by atoms with E-state index in [-0.39, 0.29) is 18.9 Å². The van der Waals surface area contributed by atoms with Gasteiger partial charge in [-0.3, -0.25) is 4.79 Å². The second kappa shape index (κ2) is 70.7. The van der Waals surface area contributed by atoms with Crippen molar-refractivity contribution in [3.05, 3.63) is 60.8 Å². The van der Waals surface area contributed by atoms with E-state index in [2.05, 4.69) is 79.9 Å². The summed E-state index contributed by atoms with van der Waals surface area (Å²) in [6.07, 6.45) is 66.1. The second-order valence-electron chi connectivity index (χ2n) is 32.4. The minimum Gasteiger partial charge on any atom is -0.394 e. The Bertz CT molecular complexity index is 2220. The maximum absolute atomic E-state index is 13.6. The number of unbranched alkanes of at least 4 members (excludes halogenated alkanes) is 48. The van der Waals surface area contributed by atoms with E-state index in [0.717, 1.165) is 77.0 Å². The predicted octanol–water partition coefficient (Wildman–Crippen LogP) is 17.4. The monoisotopic (exact) mass is 1560 g/mol. The van der Waals surface area contributed by atoms with E-state index in [0.29, 0.717) is 12.8 Å². The van der Waals surface area contributed by atoms with Gasteiger partial charge in [-0.25, -0.2) is 0 Å². The van der Waals surface area contributed by atoms with Gasteiger partial charge >= 0.3 is 0 Å². The lowest BCUT2D eigenvalue weighted by Gasteiger charge is -2.48. The molecule has 3 aliphatic rings. The highest BCUT2D eigenvalue weighted by Gasteiger charge is 2.54. The van der Waals surface area contributed by atoms with Gasteiger partial charge in [0, 0.05) is 6.42 Å². The number of hydrogen-bond donors (Lipinski definition) is 12. The molecule has 0 bridgehead atoms. The number of aliphatic hydroxyl groups excluding tert-OH is 11. The maximum atomic E-state index is 13.6. The number of allylic oxidation sites excluding steroid dienone is 10. The van der Waals surface area contributed by atoms with Gasteiger partial charge in [-0.05, 0) is 57.8 Å². The molecular weight excluding hydrogens is 1390 g/mol. The van der Waals surface area contributed by atoms with Crippen LogP contribution in [0.15, 0.2) is 60.8 Å². The van der Waals surface area contributed by atoms with Crippen LogP contribution in [-0.2, 0) is 33.2 Å². The first-order chi connectivity index (χ1) is 53.8. The average Bonchev–Trinajstić information content (AvgIpc) is 0.784. The molecule has 644 valence electrons. The van der Waals surface area contributed by atoms with Crippen molar-refractivity contribution in [2.75, 3.05) is 26.4 Å². The molecule has 17 unspecified atom stereocenters. The van der Waals surface area contributed by atoms with Crippen molar-refractivity contribution in [3.8, 4) is 0 Å². The standard InChI is InChI=1S/C91H167NO18/c1-3-5-7-9-11-13-15-17-19-21-23-25-27-29-31-33-34-35-36-37-38-39-40-41-43-45-47-49-51-53-55-57-59-61-63-65-67-69-79(97)92-74(75(96)68-66-64-62-60-58-56-54-52-50-48-46-44-42-32-30-28-26-24-22-20-18-16-14-12-10-8-6-4-2)73-105-89-85(103)82(100)87(77(71-94)107-89)110-91-86(104)83(101)88(78(72-95)108-91)109-90-84(102)81(99)80(98)76(70-93)106-90/h5,7,11,13,17,19,23,25,29,31,74-78,80-91,93-96,98-104H,3-4,6,8-10,12,14-16,18,20-22,24,26-28,30,32-73H2,1-2H3,(H,92,97)/b7-5-,13-11-,19-17-,25-23-,31-29-. The zero-order valence-electron chi connectivity index (χ0n) is 69.5. The van der Waals surface area contributed by atoms with Gasteiger partial charge < -0.3 is 89.9 Å². The predicted molar refractivity (Wildman–Crippen MR) is 443 cm³/mol. The molecule has 0 radical (unpaired) electrons. The van der Waals surface area contributed by atoms with E-state index in [1.807, 2.05) is 0 Å². The van der Waals surface area contributed by atoms with Crippen molar-refractivity contribution in [3.63, 3.8) is 0 Å². The van der Waals surface area contributed by atoms with E-state index in [9.17, 15) is 61.0 Å². The summed E-state index contributed by atoms with van der Waals surface area (Å²) in [5.74, 6) is -0.235. The third-order valence-corrected chi connectivity index (χ3v) is 22.6. The van der Waals surface area contributed by atoms with E-state index >= 15 is 0 Å². The number of carbonyl (C=O) groups excluding carboxylic acids is 1. The van der Waals surface area contributed by atoms with Crippen molar-refractivity contribution in [2.24, 2.45) is 0 Å². The normalized spacial score (nSPS) is 25.4. The molecule has 3 saturated heterocycles. The van der Waals surface area contributed by atoms with Crippen LogP contribution in [0.4, 0.5) is 0 Å². The van der Waals surface area contributed by atoms with Gasteiger partial charge in [0.2, 0.25) is 5.91 Å². The lowest BCUT2D eigenvalue weighted by molar-refractivity contribution is -0.379. The van der Waals surface area contributed by atoms with Gasteiger partial charge in [0.05, 0.1) is 38.6 Å². The summed E-state index contributed by atoms with van der Waals surface area (Å²) in [6.45, 7) is 1.75.